The summed E-state index contributed by atoms with van der Waals surface area (Å²) in [6.45, 7) is 5.77. The molecule has 1 aromatic rings. The maximum Gasteiger partial charge on any atom is 0.249 e. The van der Waals surface area contributed by atoms with Crippen molar-refractivity contribution >= 4 is 17.2 Å². The van der Waals surface area contributed by atoms with Gasteiger partial charge in [-0.15, -0.1) is 11.3 Å². The summed E-state index contributed by atoms with van der Waals surface area (Å²) in [5.41, 5.74) is 2.14. The number of likely N-dealkylation sites (tertiary alicyclic amines) is 1. The molecule has 23 heavy (non-hydrogen) atoms. The zero-order valence-corrected chi connectivity index (χ0v) is 14.7. The molecule has 1 aliphatic carbocycles. The third kappa shape index (κ3) is 2.85. The fraction of sp³-hybridized carbons (Fsp3) is 0.667. The Morgan fingerprint density at radius 1 is 1.35 bits per heavy atom. The maximum atomic E-state index is 12.6. The molecule has 0 aromatic carbocycles. The third-order valence-electron chi connectivity index (χ3n) is 5.41. The van der Waals surface area contributed by atoms with Crippen molar-refractivity contribution in [3.63, 3.8) is 0 Å². The van der Waals surface area contributed by atoms with E-state index in [-0.39, 0.29) is 18.1 Å². The number of carbonyl (C=O) groups excluding carboxylic acids is 1. The summed E-state index contributed by atoms with van der Waals surface area (Å²) in [4.78, 5) is 20.6. The highest BCUT2D eigenvalue weighted by atomic mass is 32.1. The second-order valence-corrected chi connectivity index (χ2v) is 8.27. The Bertz CT molecular complexity index is 618. The number of fused-ring (bicyclic) bond motifs is 1. The minimum absolute atomic E-state index is 0.133. The van der Waals surface area contributed by atoms with Crippen LogP contribution in [0.4, 0.5) is 0 Å². The number of nitrogens with zero attached hydrogens (tertiary/aromatic N) is 2. The second-order valence-electron chi connectivity index (χ2n) is 7.04. The van der Waals surface area contributed by atoms with E-state index in [9.17, 15) is 4.79 Å². The molecule has 0 N–H and O–H groups in total. The van der Waals surface area contributed by atoms with Gasteiger partial charge in [-0.1, -0.05) is 6.08 Å². The van der Waals surface area contributed by atoms with Crippen LogP contribution in [-0.4, -0.2) is 35.0 Å². The summed E-state index contributed by atoms with van der Waals surface area (Å²) in [5.74, 6) is 0.720. The number of ether oxygens (including phenoxy) is 1. The van der Waals surface area contributed by atoms with Crippen molar-refractivity contribution in [1.82, 2.24) is 9.88 Å². The molecule has 4 rings (SSSR count). The highest BCUT2D eigenvalue weighted by Gasteiger charge is 2.45. The number of aryl methyl sites for hydroxylation is 2. The van der Waals surface area contributed by atoms with Crippen LogP contribution in [0.3, 0.4) is 0 Å². The van der Waals surface area contributed by atoms with Gasteiger partial charge in [0.15, 0.2) is 0 Å². The summed E-state index contributed by atoms with van der Waals surface area (Å²) in [6, 6.07) is 0. The van der Waals surface area contributed by atoms with Crippen LogP contribution >= 0.6 is 11.3 Å². The fourth-order valence-corrected chi connectivity index (χ4v) is 4.93. The van der Waals surface area contributed by atoms with E-state index in [0.717, 1.165) is 55.0 Å². The predicted octanol–water partition coefficient (Wildman–Crippen LogP) is 3.55. The Kier molecular flexibility index (Phi) is 4.01. The molecule has 0 saturated carbocycles. The molecule has 2 aliphatic heterocycles. The quantitative estimate of drug-likeness (QED) is 0.832. The van der Waals surface area contributed by atoms with Crippen LogP contribution in [0.15, 0.2) is 11.6 Å². The van der Waals surface area contributed by atoms with Crippen molar-refractivity contribution in [1.29, 1.82) is 0 Å². The number of thiazole rings is 1. The van der Waals surface area contributed by atoms with E-state index in [1.54, 1.807) is 11.3 Å². The summed E-state index contributed by atoms with van der Waals surface area (Å²) in [5, 5.41) is 1.11. The van der Waals surface area contributed by atoms with E-state index in [4.69, 9.17) is 4.74 Å². The average molecular weight is 332 g/mol. The van der Waals surface area contributed by atoms with E-state index >= 15 is 0 Å². The van der Waals surface area contributed by atoms with Gasteiger partial charge in [-0.2, -0.15) is 0 Å². The lowest BCUT2D eigenvalue weighted by Gasteiger charge is -2.22. The standard InChI is InChI=1S/C18H24N2O2S/c1-11-12(2)23-17(19-11)15-8-14-9-20(10-16(14)22-15)18(21)13-6-4-3-5-7-13/h6,14-16H,3-5,7-10H2,1-2H3/t14-,15+,16+/m0/s1. The van der Waals surface area contributed by atoms with Crippen molar-refractivity contribution in [2.75, 3.05) is 13.1 Å². The van der Waals surface area contributed by atoms with Crippen LogP contribution in [0.1, 0.15) is 53.8 Å². The van der Waals surface area contributed by atoms with Crippen molar-refractivity contribution < 1.29 is 9.53 Å². The van der Waals surface area contributed by atoms with E-state index in [0.29, 0.717) is 5.92 Å². The van der Waals surface area contributed by atoms with E-state index < -0.39 is 0 Å². The van der Waals surface area contributed by atoms with Gasteiger partial charge in [0.25, 0.3) is 0 Å². The van der Waals surface area contributed by atoms with Crippen LogP contribution in [0, 0.1) is 19.8 Å². The third-order valence-corrected chi connectivity index (χ3v) is 6.58. The molecule has 4 nitrogen and oxygen atoms in total. The van der Waals surface area contributed by atoms with E-state index in [2.05, 4.69) is 24.9 Å². The fourth-order valence-electron chi connectivity index (χ4n) is 3.96. The van der Waals surface area contributed by atoms with Gasteiger partial charge in [-0.3, -0.25) is 4.79 Å². The van der Waals surface area contributed by atoms with Crippen LogP contribution in [-0.2, 0) is 9.53 Å². The monoisotopic (exact) mass is 332 g/mol. The molecule has 3 atom stereocenters. The normalized spacial score (nSPS) is 30.4. The number of aromatic nitrogens is 1. The van der Waals surface area contributed by atoms with Gasteiger partial charge in [0.2, 0.25) is 5.91 Å². The molecule has 3 aliphatic rings. The molecule has 3 heterocycles. The molecule has 0 unspecified atom stereocenters. The highest BCUT2D eigenvalue weighted by molar-refractivity contribution is 7.11. The first-order valence-electron chi connectivity index (χ1n) is 8.69. The molecule has 0 radical (unpaired) electrons. The van der Waals surface area contributed by atoms with Gasteiger partial charge in [0, 0.05) is 29.5 Å². The summed E-state index contributed by atoms with van der Waals surface area (Å²) in [6.07, 6.45) is 7.85. The Labute approximate surface area is 141 Å². The smallest absolute Gasteiger partial charge is 0.249 e. The lowest BCUT2D eigenvalue weighted by Crippen LogP contribution is -2.32. The Balaban J connectivity index is 1.40. The number of amides is 1. The van der Waals surface area contributed by atoms with Gasteiger partial charge in [-0.25, -0.2) is 4.98 Å². The molecule has 1 amide bonds. The first kappa shape index (κ1) is 15.3. The van der Waals surface area contributed by atoms with Crippen molar-refractivity contribution in [2.45, 2.75) is 58.2 Å². The van der Waals surface area contributed by atoms with Gasteiger partial charge < -0.3 is 9.64 Å². The zero-order chi connectivity index (χ0) is 16.0. The van der Waals surface area contributed by atoms with Crippen molar-refractivity contribution in [2.24, 2.45) is 5.92 Å². The Morgan fingerprint density at radius 2 is 2.22 bits per heavy atom. The number of carbonyl (C=O) groups is 1. The highest BCUT2D eigenvalue weighted by Crippen LogP contribution is 2.42. The van der Waals surface area contributed by atoms with Crippen LogP contribution < -0.4 is 0 Å². The number of allylic oxidation sites excluding steroid dienone is 1. The molecular formula is C18H24N2O2S. The molecule has 2 saturated heterocycles. The molecule has 124 valence electrons. The molecule has 2 fully saturated rings. The number of hydrogen-bond acceptors (Lipinski definition) is 4. The summed E-state index contributed by atoms with van der Waals surface area (Å²) in [7, 11) is 0. The SMILES string of the molecule is Cc1nc([C@H]2C[C@H]3CN(C(=O)C4=CCCCC4)C[C@H]3O2)sc1C. The van der Waals surface area contributed by atoms with E-state index in [1.807, 2.05) is 4.90 Å². The Morgan fingerprint density at radius 3 is 2.87 bits per heavy atom. The minimum Gasteiger partial charge on any atom is -0.366 e. The summed E-state index contributed by atoms with van der Waals surface area (Å²) < 4.78 is 6.24. The van der Waals surface area contributed by atoms with E-state index in [1.165, 1.54) is 11.3 Å². The van der Waals surface area contributed by atoms with Crippen molar-refractivity contribution in [3.05, 3.63) is 27.2 Å². The largest absolute Gasteiger partial charge is 0.366 e. The lowest BCUT2D eigenvalue weighted by molar-refractivity contribution is -0.127. The molecular weight excluding hydrogens is 308 g/mol. The summed E-state index contributed by atoms with van der Waals surface area (Å²) >= 11 is 1.75. The van der Waals surface area contributed by atoms with Crippen LogP contribution in [0.5, 0.6) is 0 Å². The molecule has 0 spiro atoms. The first-order chi connectivity index (χ1) is 11.1. The van der Waals surface area contributed by atoms with Crippen molar-refractivity contribution in [3.8, 4) is 0 Å². The van der Waals surface area contributed by atoms with Gasteiger partial charge in [-0.05, 0) is 46.0 Å². The van der Waals surface area contributed by atoms with Gasteiger partial charge >= 0.3 is 0 Å². The molecule has 0 bridgehead atoms. The minimum atomic E-state index is 0.133. The lowest BCUT2D eigenvalue weighted by atomic mass is 9.98. The van der Waals surface area contributed by atoms with Crippen LogP contribution in [0.2, 0.25) is 0 Å². The predicted molar refractivity (Wildman–Crippen MR) is 90.4 cm³/mol. The molecule has 1 aromatic heterocycles. The zero-order valence-electron chi connectivity index (χ0n) is 13.9. The second kappa shape index (κ2) is 6.02. The van der Waals surface area contributed by atoms with Crippen LogP contribution in [0.25, 0.3) is 0 Å². The maximum absolute atomic E-state index is 12.6. The Hall–Kier alpha value is -1.20. The van der Waals surface area contributed by atoms with Gasteiger partial charge in [0.05, 0.1) is 11.8 Å². The average Bonchev–Trinajstić information content (AvgIpc) is 3.21. The molecule has 5 heteroatoms. The number of rotatable bonds is 2. The first-order valence-corrected chi connectivity index (χ1v) is 9.51. The number of hydrogen-bond donors (Lipinski definition) is 0. The topological polar surface area (TPSA) is 42.4 Å². The van der Waals surface area contributed by atoms with Gasteiger partial charge in [0.1, 0.15) is 11.1 Å².